The Morgan fingerprint density at radius 2 is 2.31 bits per heavy atom. The molecule has 0 radical (unpaired) electrons. The Hall–Kier alpha value is -2.58. The lowest BCUT2D eigenvalue weighted by molar-refractivity contribution is -0.113. The molecule has 0 spiro atoms. The van der Waals surface area contributed by atoms with Crippen molar-refractivity contribution in [2.45, 2.75) is 18.6 Å². The summed E-state index contributed by atoms with van der Waals surface area (Å²) in [4.78, 5) is 21.0. The summed E-state index contributed by atoms with van der Waals surface area (Å²) in [7, 11) is 0. The van der Waals surface area contributed by atoms with Gasteiger partial charge in [0.1, 0.15) is 5.76 Å². The topological polar surface area (TPSA) is 73.0 Å². The van der Waals surface area contributed by atoms with Crippen molar-refractivity contribution in [1.29, 1.82) is 0 Å². The number of fused-ring (bicyclic) bond motifs is 1. The number of rotatable bonds is 6. The predicted octanol–water partition coefficient (Wildman–Crippen LogP) is 4.17. The summed E-state index contributed by atoms with van der Waals surface area (Å²) >= 11 is 2.87. The van der Waals surface area contributed by atoms with Crippen LogP contribution in [0.3, 0.4) is 0 Å². The Balaban J connectivity index is 1.37. The summed E-state index contributed by atoms with van der Waals surface area (Å²) in [6.45, 7) is 2.63. The second-order valence-corrected chi connectivity index (χ2v) is 7.72. The van der Waals surface area contributed by atoms with Crippen LogP contribution in [0.4, 0.5) is 5.13 Å². The summed E-state index contributed by atoms with van der Waals surface area (Å²) < 4.78 is 8.39. The number of thioether (sulfide) groups is 1. The number of hydrogen-bond acceptors (Lipinski definition) is 6. The number of carbonyl (C=O) groups is 1. The SMILES string of the molecule is Cc1ccc2nc(NC(=O)CSc3nccn3Cc3ccco3)sc2c1. The highest BCUT2D eigenvalue weighted by Gasteiger charge is 2.11. The molecule has 1 N–H and O–H groups in total. The lowest BCUT2D eigenvalue weighted by Crippen LogP contribution is -2.14. The van der Waals surface area contributed by atoms with E-state index in [2.05, 4.69) is 21.4 Å². The van der Waals surface area contributed by atoms with Crippen molar-refractivity contribution in [3.05, 3.63) is 60.3 Å². The maximum absolute atomic E-state index is 12.3. The Bertz CT molecular complexity index is 1040. The number of aromatic nitrogens is 3. The van der Waals surface area contributed by atoms with Gasteiger partial charge in [-0.1, -0.05) is 29.2 Å². The molecule has 1 aromatic carbocycles. The summed E-state index contributed by atoms with van der Waals surface area (Å²) in [6, 6.07) is 9.82. The highest BCUT2D eigenvalue weighted by atomic mass is 32.2. The molecule has 0 aliphatic heterocycles. The van der Waals surface area contributed by atoms with E-state index in [4.69, 9.17) is 4.42 Å². The minimum Gasteiger partial charge on any atom is -0.467 e. The number of thiazole rings is 1. The quantitative estimate of drug-likeness (QED) is 0.505. The number of imidazole rings is 1. The van der Waals surface area contributed by atoms with Crippen LogP contribution in [0.1, 0.15) is 11.3 Å². The molecule has 0 aliphatic rings. The van der Waals surface area contributed by atoms with Crippen LogP contribution >= 0.6 is 23.1 Å². The van der Waals surface area contributed by atoms with Gasteiger partial charge in [0.05, 0.1) is 28.8 Å². The number of nitrogens with one attached hydrogen (secondary N) is 1. The molecule has 0 atom stereocenters. The maximum atomic E-state index is 12.3. The third-order valence-corrected chi connectivity index (χ3v) is 5.64. The molecule has 8 heteroatoms. The van der Waals surface area contributed by atoms with Gasteiger partial charge in [0.15, 0.2) is 10.3 Å². The van der Waals surface area contributed by atoms with E-state index in [1.807, 2.05) is 42.0 Å². The fourth-order valence-corrected chi connectivity index (χ4v) is 4.24. The molecule has 3 heterocycles. The molecule has 0 bridgehead atoms. The standard InChI is InChI=1S/C18H16N4O2S2/c1-12-4-5-14-15(9-12)26-17(20-14)21-16(23)11-25-18-19-6-7-22(18)10-13-3-2-8-24-13/h2-9H,10-11H2,1H3,(H,20,21,23). The van der Waals surface area contributed by atoms with Crippen LogP contribution in [0, 0.1) is 6.92 Å². The van der Waals surface area contributed by atoms with E-state index < -0.39 is 0 Å². The normalized spacial score (nSPS) is 11.1. The highest BCUT2D eigenvalue weighted by molar-refractivity contribution is 7.99. The van der Waals surface area contributed by atoms with Gasteiger partial charge in [0.2, 0.25) is 5.91 Å². The monoisotopic (exact) mass is 384 g/mol. The third-order valence-electron chi connectivity index (χ3n) is 3.71. The zero-order valence-electron chi connectivity index (χ0n) is 14.0. The molecule has 0 fully saturated rings. The van der Waals surface area contributed by atoms with Gasteiger partial charge >= 0.3 is 0 Å². The second-order valence-electron chi connectivity index (χ2n) is 5.74. The number of aryl methyl sites for hydroxylation is 1. The third kappa shape index (κ3) is 3.81. The van der Waals surface area contributed by atoms with Crippen molar-refractivity contribution in [3.8, 4) is 0 Å². The zero-order valence-corrected chi connectivity index (χ0v) is 15.6. The number of carbonyl (C=O) groups excluding carboxylic acids is 1. The maximum Gasteiger partial charge on any atom is 0.236 e. The molecule has 1 amide bonds. The van der Waals surface area contributed by atoms with E-state index in [0.29, 0.717) is 11.7 Å². The minimum absolute atomic E-state index is 0.0988. The highest BCUT2D eigenvalue weighted by Crippen LogP contribution is 2.27. The van der Waals surface area contributed by atoms with Gasteiger partial charge < -0.3 is 14.3 Å². The Morgan fingerprint density at radius 3 is 3.15 bits per heavy atom. The van der Waals surface area contributed by atoms with Crippen LogP contribution in [0.15, 0.2) is 58.6 Å². The van der Waals surface area contributed by atoms with E-state index in [9.17, 15) is 4.79 Å². The lowest BCUT2D eigenvalue weighted by Gasteiger charge is -2.05. The van der Waals surface area contributed by atoms with Crippen LogP contribution in [0.5, 0.6) is 0 Å². The smallest absolute Gasteiger partial charge is 0.236 e. The largest absolute Gasteiger partial charge is 0.467 e. The number of anilines is 1. The molecular weight excluding hydrogens is 368 g/mol. The number of amides is 1. The van der Waals surface area contributed by atoms with Crippen LogP contribution in [-0.4, -0.2) is 26.2 Å². The van der Waals surface area contributed by atoms with Crippen molar-refractivity contribution in [2.75, 3.05) is 11.1 Å². The first kappa shape index (κ1) is 16.9. The first-order chi connectivity index (χ1) is 12.7. The van der Waals surface area contributed by atoms with Gasteiger partial charge in [-0.25, -0.2) is 9.97 Å². The van der Waals surface area contributed by atoms with Gasteiger partial charge in [-0.2, -0.15) is 0 Å². The first-order valence-electron chi connectivity index (χ1n) is 8.01. The van der Waals surface area contributed by atoms with Crippen molar-refractivity contribution in [1.82, 2.24) is 14.5 Å². The Labute approximate surface area is 158 Å². The molecule has 0 saturated heterocycles. The van der Waals surface area contributed by atoms with Crippen LogP contribution in [0.25, 0.3) is 10.2 Å². The Kier molecular flexibility index (Phi) is 4.77. The summed E-state index contributed by atoms with van der Waals surface area (Å²) in [5, 5.41) is 4.27. The van der Waals surface area contributed by atoms with Gasteiger partial charge in [-0.05, 0) is 36.8 Å². The second kappa shape index (κ2) is 7.35. The molecule has 6 nitrogen and oxygen atoms in total. The van der Waals surface area contributed by atoms with Crippen LogP contribution in [0.2, 0.25) is 0 Å². The molecule has 0 saturated carbocycles. The van der Waals surface area contributed by atoms with Gasteiger partial charge in [0, 0.05) is 12.4 Å². The predicted molar refractivity (Wildman–Crippen MR) is 104 cm³/mol. The molecule has 3 aromatic heterocycles. The van der Waals surface area contributed by atoms with E-state index in [1.54, 1.807) is 12.5 Å². The van der Waals surface area contributed by atoms with Crippen LogP contribution in [-0.2, 0) is 11.3 Å². The van der Waals surface area contributed by atoms with E-state index in [1.165, 1.54) is 28.7 Å². The van der Waals surface area contributed by atoms with Gasteiger partial charge in [0.25, 0.3) is 0 Å². The number of nitrogens with zero attached hydrogens (tertiary/aromatic N) is 3. The Morgan fingerprint density at radius 1 is 1.38 bits per heavy atom. The number of furan rings is 1. The number of hydrogen-bond donors (Lipinski definition) is 1. The van der Waals surface area contributed by atoms with Crippen molar-refractivity contribution in [2.24, 2.45) is 0 Å². The number of benzene rings is 1. The molecule has 0 unspecified atom stereocenters. The summed E-state index contributed by atoms with van der Waals surface area (Å²) in [5.74, 6) is 1.02. The summed E-state index contributed by atoms with van der Waals surface area (Å²) in [5.41, 5.74) is 2.08. The molecule has 0 aliphatic carbocycles. The van der Waals surface area contributed by atoms with Gasteiger partial charge in [-0.3, -0.25) is 4.79 Å². The molecule has 132 valence electrons. The summed E-state index contributed by atoms with van der Waals surface area (Å²) in [6.07, 6.45) is 5.24. The van der Waals surface area contributed by atoms with E-state index >= 15 is 0 Å². The molecular formula is C18H16N4O2S2. The van der Waals surface area contributed by atoms with Crippen molar-refractivity contribution < 1.29 is 9.21 Å². The fraction of sp³-hybridized carbons (Fsp3) is 0.167. The van der Waals surface area contributed by atoms with E-state index in [-0.39, 0.29) is 11.7 Å². The van der Waals surface area contributed by atoms with Crippen LogP contribution < -0.4 is 5.32 Å². The molecule has 4 aromatic rings. The molecule has 4 rings (SSSR count). The first-order valence-corrected chi connectivity index (χ1v) is 9.81. The van der Waals surface area contributed by atoms with E-state index in [0.717, 1.165) is 21.1 Å². The van der Waals surface area contributed by atoms with Crippen molar-refractivity contribution in [3.63, 3.8) is 0 Å². The average molecular weight is 384 g/mol. The zero-order chi connectivity index (χ0) is 17.9. The van der Waals surface area contributed by atoms with Gasteiger partial charge in [-0.15, -0.1) is 0 Å². The minimum atomic E-state index is -0.0988. The average Bonchev–Trinajstić information content (AvgIpc) is 3.34. The molecule has 26 heavy (non-hydrogen) atoms. The lowest BCUT2D eigenvalue weighted by atomic mass is 10.2. The fourth-order valence-electron chi connectivity index (χ4n) is 2.50. The van der Waals surface area contributed by atoms with Crippen molar-refractivity contribution >= 4 is 44.4 Å².